The summed E-state index contributed by atoms with van der Waals surface area (Å²) >= 11 is 0. The van der Waals surface area contributed by atoms with E-state index in [0.717, 1.165) is 22.6 Å². The predicted molar refractivity (Wildman–Crippen MR) is 132 cm³/mol. The van der Waals surface area contributed by atoms with Crippen LogP contribution in [0.5, 0.6) is 5.75 Å². The Labute approximate surface area is 207 Å². The molecular weight excluding hydrogens is 462 g/mol. The number of furan rings is 1. The van der Waals surface area contributed by atoms with E-state index in [1.807, 2.05) is 56.3 Å². The van der Waals surface area contributed by atoms with E-state index in [9.17, 15) is 9.59 Å². The maximum absolute atomic E-state index is 13.2. The smallest absolute Gasteiger partial charge is 0.291 e. The van der Waals surface area contributed by atoms with Gasteiger partial charge in [-0.25, -0.2) is 0 Å². The van der Waals surface area contributed by atoms with Gasteiger partial charge in [-0.05, 0) is 43.7 Å². The van der Waals surface area contributed by atoms with Crippen molar-refractivity contribution in [2.75, 3.05) is 31.6 Å². The molecule has 0 spiro atoms. The molecule has 9 nitrogen and oxygen atoms in total. The molecule has 2 aromatic heterocycles. The Hall–Kier alpha value is -4.11. The molecule has 5 rings (SSSR count). The van der Waals surface area contributed by atoms with E-state index in [1.54, 1.807) is 11.0 Å². The van der Waals surface area contributed by atoms with Gasteiger partial charge in [0.25, 0.3) is 5.91 Å². The summed E-state index contributed by atoms with van der Waals surface area (Å²) in [5.41, 5.74) is 3.48. The predicted octanol–water partition coefficient (Wildman–Crippen LogP) is 4.27. The number of carbonyl (C=O) groups is 2. The number of ether oxygens (including phenoxy) is 2. The van der Waals surface area contributed by atoms with Crippen molar-refractivity contribution in [2.45, 2.75) is 26.9 Å². The molecule has 1 aliphatic heterocycles. The third kappa shape index (κ3) is 4.96. The summed E-state index contributed by atoms with van der Waals surface area (Å²) in [6.45, 7) is 6.00. The number of rotatable bonds is 7. The van der Waals surface area contributed by atoms with Crippen LogP contribution in [0, 0.1) is 13.8 Å². The molecule has 1 N–H and O–H groups in total. The largest absolute Gasteiger partial charge is 0.489 e. The molecule has 1 fully saturated rings. The number of amides is 2. The standard InChI is InChI=1S/C27H27N3O6/c1-17-22(18(2)36-29-17)16-34-20-9-7-19(8-10-20)15-24(31)28-25-21-5-3-4-6-23(21)35-26(25)27(32)30-11-13-33-14-12-30/h3-10H,11-16H2,1-2H3,(H,28,31). The number of nitrogens with zero attached hydrogens (tertiary/aromatic N) is 2. The zero-order chi connectivity index (χ0) is 25.1. The van der Waals surface area contributed by atoms with Crippen molar-refractivity contribution in [2.24, 2.45) is 0 Å². The zero-order valence-corrected chi connectivity index (χ0v) is 20.2. The minimum absolute atomic E-state index is 0.134. The number of aromatic nitrogens is 1. The fourth-order valence-electron chi connectivity index (χ4n) is 4.17. The highest BCUT2D eigenvalue weighted by molar-refractivity contribution is 6.11. The molecule has 36 heavy (non-hydrogen) atoms. The van der Waals surface area contributed by atoms with Gasteiger partial charge in [0.05, 0.1) is 30.9 Å². The average Bonchev–Trinajstić information content (AvgIpc) is 3.42. The number of carbonyl (C=O) groups excluding carboxylic acids is 2. The first kappa shape index (κ1) is 23.6. The van der Waals surface area contributed by atoms with E-state index in [2.05, 4.69) is 10.5 Å². The second kappa shape index (κ2) is 10.2. The Kier molecular flexibility index (Phi) is 6.73. The van der Waals surface area contributed by atoms with Crippen LogP contribution in [0.15, 0.2) is 57.5 Å². The summed E-state index contributed by atoms with van der Waals surface area (Å²) in [7, 11) is 0. The minimum Gasteiger partial charge on any atom is -0.489 e. The van der Waals surface area contributed by atoms with E-state index in [-0.39, 0.29) is 24.0 Å². The summed E-state index contributed by atoms with van der Waals surface area (Å²) < 4.78 is 22.2. The number of hydrogen-bond acceptors (Lipinski definition) is 7. The lowest BCUT2D eigenvalue weighted by molar-refractivity contribution is -0.115. The van der Waals surface area contributed by atoms with Gasteiger partial charge >= 0.3 is 0 Å². The number of morpholine rings is 1. The maximum atomic E-state index is 13.2. The van der Waals surface area contributed by atoms with E-state index in [0.29, 0.717) is 55.3 Å². The third-order valence-corrected chi connectivity index (χ3v) is 6.20. The molecule has 186 valence electrons. The van der Waals surface area contributed by atoms with Gasteiger partial charge in [-0.15, -0.1) is 0 Å². The summed E-state index contributed by atoms with van der Waals surface area (Å²) in [6.07, 6.45) is 0.134. The molecule has 0 radical (unpaired) electrons. The van der Waals surface area contributed by atoms with E-state index < -0.39 is 0 Å². The Balaban J connectivity index is 1.27. The third-order valence-electron chi connectivity index (χ3n) is 6.20. The number of nitrogens with one attached hydrogen (secondary N) is 1. The Bertz CT molecular complexity index is 1360. The molecule has 0 atom stereocenters. The fourth-order valence-corrected chi connectivity index (χ4v) is 4.17. The highest BCUT2D eigenvalue weighted by Gasteiger charge is 2.27. The van der Waals surface area contributed by atoms with Crippen LogP contribution in [0.3, 0.4) is 0 Å². The number of benzene rings is 2. The van der Waals surface area contributed by atoms with Crippen LogP contribution in [-0.4, -0.2) is 48.2 Å². The SMILES string of the molecule is Cc1noc(C)c1COc1ccc(CC(=O)Nc2c(C(=O)N3CCOCC3)oc3ccccc23)cc1. The number of anilines is 1. The lowest BCUT2D eigenvalue weighted by Gasteiger charge is -2.26. The van der Waals surface area contributed by atoms with Gasteiger partial charge in [0, 0.05) is 18.5 Å². The molecule has 0 unspecified atom stereocenters. The molecule has 2 aromatic carbocycles. The summed E-state index contributed by atoms with van der Waals surface area (Å²) in [4.78, 5) is 27.8. The van der Waals surface area contributed by atoms with Crippen LogP contribution in [0.4, 0.5) is 5.69 Å². The van der Waals surface area contributed by atoms with E-state index in [4.69, 9.17) is 18.4 Å². The van der Waals surface area contributed by atoms with Crippen LogP contribution in [0.25, 0.3) is 11.0 Å². The van der Waals surface area contributed by atoms with Crippen LogP contribution in [0.1, 0.15) is 33.1 Å². The van der Waals surface area contributed by atoms with Crippen molar-refractivity contribution in [3.05, 3.63) is 76.9 Å². The first-order valence-corrected chi connectivity index (χ1v) is 11.8. The van der Waals surface area contributed by atoms with Gasteiger partial charge < -0.3 is 28.6 Å². The first-order valence-electron chi connectivity index (χ1n) is 11.8. The topological polar surface area (TPSA) is 107 Å². The highest BCUT2D eigenvalue weighted by Crippen LogP contribution is 2.32. The lowest BCUT2D eigenvalue weighted by atomic mass is 10.1. The second-order valence-electron chi connectivity index (χ2n) is 8.67. The van der Waals surface area contributed by atoms with Crippen LogP contribution in [-0.2, 0) is 22.6 Å². The first-order chi connectivity index (χ1) is 17.5. The number of para-hydroxylation sites is 1. The number of fused-ring (bicyclic) bond motifs is 1. The highest BCUT2D eigenvalue weighted by atomic mass is 16.5. The van der Waals surface area contributed by atoms with Crippen LogP contribution >= 0.6 is 0 Å². The van der Waals surface area contributed by atoms with Crippen molar-refractivity contribution in [1.29, 1.82) is 0 Å². The van der Waals surface area contributed by atoms with Gasteiger partial charge in [0.15, 0.2) is 0 Å². The molecule has 0 saturated carbocycles. The molecule has 1 saturated heterocycles. The number of hydrogen-bond donors (Lipinski definition) is 1. The van der Waals surface area contributed by atoms with Gasteiger partial charge in [-0.2, -0.15) is 0 Å². The lowest BCUT2D eigenvalue weighted by Crippen LogP contribution is -2.40. The van der Waals surface area contributed by atoms with Crippen molar-refractivity contribution >= 4 is 28.5 Å². The summed E-state index contributed by atoms with van der Waals surface area (Å²) in [5, 5.41) is 7.53. The van der Waals surface area contributed by atoms with Gasteiger partial charge in [0.1, 0.15) is 29.4 Å². The van der Waals surface area contributed by atoms with E-state index in [1.165, 1.54) is 0 Å². The molecule has 2 amide bonds. The monoisotopic (exact) mass is 489 g/mol. The molecule has 9 heteroatoms. The van der Waals surface area contributed by atoms with Crippen molar-refractivity contribution in [3.63, 3.8) is 0 Å². The quantitative estimate of drug-likeness (QED) is 0.413. The van der Waals surface area contributed by atoms with Gasteiger partial charge in [-0.3, -0.25) is 9.59 Å². The summed E-state index contributed by atoms with van der Waals surface area (Å²) in [5.74, 6) is 1.04. The van der Waals surface area contributed by atoms with Crippen molar-refractivity contribution < 1.29 is 28.0 Å². The van der Waals surface area contributed by atoms with Crippen LogP contribution in [0.2, 0.25) is 0 Å². The van der Waals surface area contributed by atoms with Gasteiger partial charge in [-0.1, -0.05) is 29.4 Å². The average molecular weight is 490 g/mol. The second-order valence-corrected chi connectivity index (χ2v) is 8.67. The molecule has 1 aliphatic rings. The van der Waals surface area contributed by atoms with Gasteiger partial charge in [0.2, 0.25) is 11.7 Å². The Morgan fingerprint density at radius 1 is 1.06 bits per heavy atom. The zero-order valence-electron chi connectivity index (χ0n) is 20.2. The van der Waals surface area contributed by atoms with Crippen LogP contribution < -0.4 is 10.1 Å². The molecule has 0 aliphatic carbocycles. The molecule has 0 bridgehead atoms. The van der Waals surface area contributed by atoms with E-state index >= 15 is 0 Å². The normalized spacial score (nSPS) is 13.7. The molecule has 3 heterocycles. The number of aryl methyl sites for hydroxylation is 2. The maximum Gasteiger partial charge on any atom is 0.291 e. The fraction of sp³-hybridized carbons (Fsp3) is 0.296. The Morgan fingerprint density at radius 2 is 1.81 bits per heavy atom. The summed E-state index contributed by atoms with van der Waals surface area (Å²) in [6, 6.07) is 14.6. The minimum atomic E-state index is -0.260. The Morgan fingerprint density at radius 3 is 2.53 bits per heavy atom. The molecular formula is C27H27N3O6. The van der Waals surface area contributed by atoms with Crippen molar-refractivity contribution in [3.8, 4) is 5.75 Å². The molecule has 4 aromatic rings. The van der Waals surface area contributed by atoms with Crippen molar-refractivity contribution in [1.82, 2.24) is 10.1 Å².